The SMILES string of the molecule is CC(C)(C)C(=O)/C=C(\O)C(F)(F)F.Cc1cc(C)c2c(C3CCC(CC(C)C)(CC(C)C)CC3)cc(-c3[c-]c4ccccc4c(C(C)(C)C)c3)nc2c1.[Ir]. The van der Waals surface area contributed by atoms with Crippen LogP contribution in [0.15, 0.2) is 60.4 Å². The quantitative estimate of drug-likeness (QED) is 0.114. The van der Waals surface area contributed by atoms with Crippen LogP contribution in [0.2, 0.25) is 0 Å². The van der Waals surface area contributed by atoms with Crippen molar-refractivity contribution in [2.45, 2.75) is 139 Å². The van der Waals surface area contributed by atoms with Crippen LogP contribution >= 0.6 is 0 Å². The van der Waals surface area contributed by atoms with E-state index >= 15 is 0 Å². The number of aryl methyl sites for hydroxylation is 2. The van der Waals surface area contributed by atoms with E-state index in [0.29, 0.717) is 11.3 Å². The number of aromatic nitrogens is 1. The van der Waals surface area contributed by atoms with Crippen LogP contribution in [0.4, 0.5) is 13.2 Å². The molecule has 7 heteroatoms. The monoisotopic (exact) mass is 921 g/mol. The predicted molar refractivity (Wildman–Crippen MR) is 215 cm³/mol. The summed E-state index contributed by atoms with van der Waals surface area (Å²) in [5, 5.41) is 12.3. The van der Waals surface area contributed by atoms with Crippen LogP contribution in [0.1, 0.15) is 136 Å². The van der Waals surface area contributed by atoms with Gasteiger partial charge in [0.1, 0.15) is 0 Å². The molecule has 0 atom stereocenters. The Morgan fingerprint density at radius 1 is 0.926 bits per heavy atom. The Labute approximate surface area is 336 Å². The number of carbonyl (C=O) groups is 1. The average Bonchev–Trinajstić information content (AvgIpc) is 3.02. The zero-order valence-corrected chi connectivity index (χ0v) is 36.8. The zero-order valence-electron chi connectivity index (χ0n) is 34.4. The summed E-state index contributed by atoms with van der Waals surface area (Å²) in [7, 11) is 0. The van der Waals surface area contributed by atoms with Gasteiger partial charge in [0, 0.05) is 42.7 Å². The Balaban J connectivity index is 0.000000481. The van der Waals surface area contributed by atoms with Crippen molar-refractivity contribution in [1.29, 1.82) is 0 Å². The average molecular weight is 921 g/mol. The van der Waals surface area contributed by atoms with Gasteiger partial charge in [-0.15, -0.1) is 29.1 Å². The molecule has 297 valence electrons. The Hall–Kier alpha value is -3.02. The first-order chi connectivity index (χ1) is 24.4. The molecule has 4 aromatic rings. The summed E-state index contributed by atoms with van der Waals surface area (Å²) >= 11 is 0. The van der Waals surface area contributed by atoms with Crippen molar-refractivity contribution in [3.05, 3.63) is 88.7 Å². The molecule has 0 amide bonds. The maximum atomic E-state index is 11.7. The number of benzene rings is 3. The van der Waals surface area contributed by atoms with E-state index in [-0.39, 0.29) is 31.6 Å². The molecule has 1 radical (unpaired) electrons. The minimum absolute atomic E-state index is 0. The van der Waals surface area contributed by atoms with E-state index in [1.165, 1.54) is 97.7 Å². The summed E-state index contributed by atoms with van der Waals surface area (Å²) in [5.74, 6) is -0.515. The number of pyridine rings is 1. The number of carbonyl (C=O) groups excluding carboxylic acids is 1. The van der Waals surface area contributed by atoms with Crippen molar-refractivity contribution < 1.29 is 43.2 Å². The number of hydrogen-bond acceptors (Lipinski definition) is 3. The van der Waals surface area contributed by atoms with Crippen LogP contribution in [0.25, 0.3) is 32.9 Å². The summed E-state index contributed by atoms with van der Waals surface area (Å²) in [4.78, 5) is 16.3. The molecule has 1 saturated carbocycles. The van der Waals surface area contributed by atoms with Gasteiger partial charge in [-0.2, -0.15) is 13.2 Å². The Kier molecular flexibility index (Phi) is 14.6. The third-order valence-electron chi connectivity index (χ3n) is 10.6. The molecule has 1 aliphatic rings. The maximum absolute atomic E-state index is 11.7. The van der Waals surface area contributed by atoms with E-state index in [1.54, 1.807) is 0 Å². The van der Waals surface area contributed by atoms with Gasteiger partial charge in [-0.25, -0.2) is 0 Å². The summed E-state index contributed by atoms with van der Waals surface area (Å²) in [6.45, 7) is 25.5. The fraction of sp³-hybridized carbons (Fsp3) is 0.532. The Morgan fingerprint density at radius 3 is 2.02 bits per heavy atom. The Bertz CT molecular complexity index is 1940. The second kappa shape index (κ2) is 17.4. The Morgan fingerprint density at radius 2 is 1.50 bits per heavy atom. The number of ketones is 1. The van der Waals surface area contributed by atoms with Crippen molar-refractivity contribution in [1.82, 2.24) is 4.98 Å². The van der Waals surface area contributed by atoms with Gasteiger partial charge in [0.25, 0.3) is 0 Å². The van der Waals surface area contributed by atoms with Gasteiger partial charge in [0.05, 0.1) is 5.52 Å². The van der Waals surface area contributed by atoms with E-state index in [2.05, 4.69) is 117 Å². The number of rotatable bonds is 7. The molecule has 3 aromatic carbocycles. The van der Waals surface area contributed by atoms with Gasteiger partial charge in [-0.3, -0.25) is 9.78 Å². The third kappa shape index (κ3) is 11.3. The largest absolute Gasteiger partial charge is 0.504 e. The number of hydrogen-bond donors (Lipinski definition) is 1. The molecule has 0 bridgehead atoms. The molecule has 0 unspecified atom stereocenters. The fourth-order valence-electron chi connectivity index (χ4n) is 8.43. The first kappa shape index (κ1) is 45.4. The molecule has 1 aliphatic carbocycles. The van der Waals surface area contributed by atoms with Crippen molar-refractivity contribution in [2.24, 2.45) is 22.7 Å². The van der Waals surface area contributed by atoms with Gasteiger partial charge in [0.2, 0.25) is 5.76 Å². The number of fused-ring (bicyclic) bond motifs is 2. The van der Waals surface area contributed by atoms with Gasteiger partial charge in [-0.05, 0) is 104 Å². The predicted octanol–water partition coefficient (Wildman–Crippen LogP) is 14.1. The van der Waals surface area contributed by atoms with Crippen LogP contribution < -0.4 is 0 Å². The first-order valence-electron chi connectivity index (χ1n) is 19.3. The first-order valence-corrected chi connectivity index (χ1v) is 19.3. The number of nitrogens with zero attached hydrogens (tertiary/aromatic N) is 1. The fourth-order valence-corrected chi connectivity index (χ4v) is 8.43. The van der Waals surface area contributed by atoms with Gasteiger partial charge in [-0.1, -0.05) is 111 Å². The molecular weight excluding hydrogens is 860 g/mol. The molecule has 0 spiro atoms. The zero-order chi connectivity index (χ0) is 39.7. The molecule has 1 heterocycles. The van der Waals surface area contributed by atoms with Crippen LogP contribution in [0.5, 0.6) is 0 Å². The van der Waals surface area contributed by atoms with Gasteiger partial charge >= 0.3 is 6.18 Å². The van der Waals surface area contributed by atoms with E-state index in [4.69, 9.17) is 10.1 Å². The van der Waals surface area contributed by atoms with Crippen molar-refractivity contribution in [3.63, 3.8) is 0 Å². The maximum Gasteiger partial charge on any atom is 0.448 e. The molecule has 0 aliphatic heterocycles. The summed E-state index contributed by atoms with van der Waals surface area (Å²) in [5.41, 5.74) is 8.49. The molecule has 5 rings (SSSR count). The topological polar surface area (TPSA) is 50.2 Å². The summed E-state index contributed by atoms with van der Waals surface area (Å²) in [6, 6.07) is 21.9. The molecule has 1 aromatic heterocycles. The van der Waals surface area contributed by atoms with Gasteiger partial charge in [0.15, 0.2) is 5.78 Å². The smallest absolute Gasteiger partial charge is 0.448 e. The van der Waals surface area contributed by atoms with E-state index < -0.39 is 23.1 Å². The molecule has 3 nitrogen and oxygen atoms in total. The van der Waals surface area contributed by atoms with Crippen LogP contribution in [-0.4, -0.2) is 22.1 Å². The van der Waals surface area contributed by atoms with Crippen molar-refractivity contribution in [2.75, 3.05) is 0 Å². The third-order valence-corrected chi connectivity index (χ3v) is 10.6. The number of aliphatic hydroxyl groups is 1. The standard InChI is InChI=1S/C39H50N.C8H11F3O2.Ir/c1-25(2)23-39(24-26(3)4)16-14-29(15-17-39)33-22-35(40-36-19-27(5)18-28(6)37(33)36)31-20-30-12-10-11-13-32(30)34(21-31)38(7,8)9;1-7(2,3)5(12)4-6(13)8(9,10)11;/h10-13,18-19,21-22,25-26,29H,14-17,23-24H2,1-9H3;4,13H,1-3H3;/q-1;;/b;6-4-;. The minimum atomic E-state index is -4.85. The van der Waals surface area contributed by atoms with Crippen molar-refractivity contribution in [3.8, 4) is 11.3 Å². The van der Waals surface area contributed by atoms with E-state index in [1.807, 2.05) is 0 Å². The van der Waals surface area contributed by atoms with Crippen molar-refractivity contribution >= 4 is 27.5 Å². The second-order valence-electron chi connectivity index (χ2n) is 18.6. The number of allylic oxidation sites excluding steroid dienone is 2. The van der Waals surface area contributed by atoms with E-state index in [9.17, 15) is 18.0 Å². The summed E-state index contributed by atoms with van der Waals surface area (Å²) < 4.78 is 35.2. The molecular formula is C47H61F3IrNO2-. The second-order valence-corrected chi connectivity index (χ2v) is 18.6. The number of alkyl halides is 3. The minimum Gasteiger partial charge on any atom is -0.504 e. The molecule has 54 heavy (non-hydrogen) atoms. The summed E-state index contributed by atoms with van der Waals surface area (Å²) in [6.07, 6.45) is 3.32. The normalized spacial score (nSPS) is 15.7. The van der Waals surface area contributed by atoms with Crippen LogP contribution in [0, 0.1) is 42.6 Å². The van der Waals surface area contributed by atoms with Crippen LogP contribution in [-0.2, 0) is 30.3 Å². The van der Waals surface area contributed by atoms with E-state index in [0.717, 1.165) is 28.6 Å². The number of halogens is 3. The van der Waals surface area contributed by atoms with Gasteiger partial charge < -0.3 is 5.11 Å². The molecule has 1 fully saturated rings. The molecule has 0 saturated heterocycles. The molecule has 1 N–H and O–H groups in total. The van der Waals surface area contributed by atoms with Crippen LogP contribution in [0.3, 0.4) is 0 Å². The number of aliphatic hydroxyl groups excluding tert-OH is 1.